The Labute approximate surface area is 178 Å². The van der Waals surface area contributed by atoms with Crippen LogP contribution in [-0.2, 0) is 28.7 Å². The van der Waals surface area contributed by atoms with Crippen molar-refractivity contribution in [3.8, 4) is 0 Å². The molecule has 1 saturated heterocycles. The highest BCUT2D eigenvalue weighted by Crippen LogP contribution is 2.13. The number of ketones is 1. The third-order valence-electron chi connectivity index (χ3n) is 5.28. The van der Waals surface area contributed by atoms with Crippen LogP contribution in [0.5, 0.6) is 0 Å². The summed E-state index contributed by atoms with van der Waals surface area (Å²) in [7, 11) is 0. The monoisotopic (exact) mass is 429 g/mol. The molecule has 0 bridgehead atoms. The van der Waals surface area contributed by atoms with Gasteiger partial charge in [0.25, 0.3) is 12.9 Å². The molecule has 1 aliphatic heterocycles. The van der Waals surface area contributed by atoms with Gasteiger partial charge in [0.05, 0.1) is 19.7 Å². The first-order valence-corrected chi connectivity index (χ1v) is 10.4. The van der Waals surface area contributed by atoms with Crippen LogP contribution in [0, 0.1) is 11.8 Å². The lowest BCUT2D eigenvalue weighted by Gasteiger charge is -2.32. The number of aliphatic carboxylic acids is 1. The highest BCUT2D eigenvalue weighted by molar-refractivity contribution is 5.82. The summed E-state index contributed by atoms with van der Waals surface area (Å²) in [4.78, 5) is 50.6. The summed E-state index contributed by atoms with van der Waals surface area (Å²) in [6.45, 7) is 8.58. The third kappa shape index (κ3) is 11.2. The van der Waals surface area contributed by atoms with Gasteiger partial charge in [-0.3, -0.25) is 33.9 Å². The maximum atomic E-state index is 12.3. The van der Waals surface area contributed by atoms with E-state index in [1.165, 1.54) is 0 Å². The Morgan fingerprint density at radius 1 is 0.900 bits per heavy atom. The molecule has 1 fully saturated rings. The Morgan fingerprint density at radius 3 is 1.97 bits per heavy atom. The van der Waals surface area contributed by atoms with Crippen molar-refractivity contribution in [3.05, 3.63) is 0 Å². The fourth-order valence-corrected chi connectivity index (χ4v) is 3.29. The SMILES string of the molecule is CC(C)C(=O)CN1CCC(COC=O)CCN(COC=O)CCN(CC(=O)O)CC1. The van der Waals surface area contributed by atoms with Crippen LogP contribution < -0.4 is 0 Å². The molecule has 1 rings (SSSR count). The first kappa shape index (κ1) is 26.0. The number of ether oxygens (including phenoxy) is 2. The van der Waals surface area contributed by atoms with Gasteiger partial charge in [-0.2, -0.15) is 0 Å². The number of carbonyl (C=O) groups excluding carboxylic acids is 3. The van der Waals surface area contributed by atoms with Crippen LogP contribution in [0.2, 0.25) is 0 Å². The molecule has 1 heterocycles. The van der Waals surface area contributed by atoms with Crippen molar-refractivity contribution in [2.24, 2.45) is 11.8 Å². The van der Waals surface area contributed by atoms with Gasteiger partial charge in [-0.25, -0.2) is 0 Å². The molecule has 0 spiro atoms. The Hall–Kier alpha value is -2.04. The minimum Gasteiger partial charge on any atom is -0.480 e. The van der Waals surface area contributed by atoms with E-state index in [2.05, 4.69) is 4.90 Å². The maximum Gasteiger partial charge on any atom is 0.317 e. The van der Waals surface area contributed by atoms with Crippen LogP contribution in [0.4, 0.5) is 0 Å². The largest absolute Gasteiger partial charge is 0.480 e. The van der Waals surface area contributed by atoms with Crippen LogP contribution in [0.1, 0.15) is 26.7 Å². The zero-order valence-corrected chi connectivity index (χ0v) is 18.0. The molecule has 1 atom stereocenters. The second kappa shape index (κ2) is 14.9. The van der Waals surface area contributed by atoms with Gasteiger partial charge in [0.15, 0.2) is 0 Å². The van der Waals surface area contributed by atoms with Crippen molar-refractivity contribution in [2.75, 3.05) is 65.7 Å². The average molecular weight is 430 g/mol. The Kier molecular flexibility index (Phi) is 12.9. The molecule has 0 aliphatic carbocycles. The summed E-state index contributed by atoms with van der Waals surface area (Å²) < 4.78 is 9.87. The molecule has 30 heavy (non-hydrogen) atoms. The fraction of sp³-hybridized carbons (Fsp3) is 0.800. The van der Waals surface area contributed by atoms with Crippen molar-refractivity contribution in [1.29, 1.82) is 0 Å². The number of hydrogen-bond acceptors (Lipinski definition) is 9. The molecule has 1 unspecified atom stereocenters. The molecule has 172 valence electrons. The first-order valence-electron chi connectivity index (χ1n) is 10.4. The Bertz CT molecular complexity index is 544. The maximum absolute atomic E-state index is 12.3. The van der Waals surface area contributed by atoms with Crippen LogP contribution in [-0.4, -0.2) is 110 Å². The van der Waals surface area contributed by atoms with E-state index in [0.29, 0.717) is 65.4 Å². The van der Waals surface area contributed by atoms with Crippen LogP contribution in [0.25, 0.3) is 0 Å². The Balaban J connectivity index is 2.89. The van der Waals surface area contributed by atoms with Gasteiger partial charge in [-0.15, -0.1) is 0 Å². The lowest BCUT2D eigenvalue weighted by molar-refractivity contribution is -0.138. The van der Waals surface area contributed by atoms with Gasteiger partial charge in [0.2, 0.25) is 0 Å². The molecule has 1 N–H and O–H groups in total. The molecule has 0 saturated carbocycles. The Morgan fingerprint density at radius 2 is 1.43 bits per heavy atom. The standard InChI is InChI=1S/C20H35N3O7/c1-17(2)19(26)11-21-5-3-18(13-29-15-24)4-6-23(14-30-16-25)10-9-22(8-7-21)12-20(27)28/h15-18H,3-14H2,1-2H3,(H,27,28). The summed E-state index contributed by atoms with van der Waals surface area (Å²) in [5, 5.41) is 9.23. The lowest BCUT2D eigenvalue weighted by Crippen LogP contribution is -2.45. The van der Waals surface area contributed by atoms with Crippen LogP contribution in [0.3, 0.4) is 0 Å². The summed E-state index contributed by atoms with van der Waals surface area (Å²) in [5.74, 6) is -0.722. The average Bonchev–Trinajstić information content (AvgIpc) is 2.69. The highest BCUT2D eigenvalue weighted by atomic mass is 16.5. The highest BCUT2D eigenvalue weighted by Gasteiger charge is 2.21. The molecular weight excluding hydrogens is 394 g/mol. The molecule has 0 aromatic carbocycles. The van der Waals surface area contributed by atoms with Gasteiger partial charge in [-0.1, -0.05) is 13.8 Å². The molecular formula is C20H35N3O7. The second-order valence-corrected chi connectivity index (χ2v) is 7.95. The first-order chi connectivity index (χ1) is 14.3. The number of Topliss-reactive ketones (excluding diaryl/α,β-unsaturated/α-hetero) is 1. The van der Waals surface area contributed by atoms with Crippen LogP contribution in [0.15, 0.2) is 0 Å². The molecule has 1 aliphatic rings. The van der Waals surface area contributed by atoms with Crippen molar-refractivity contribution in [3.63, 3.8) is 0 Å². The van der Waals surface area contributed by atoms with E-state index in [0.717, 1.165) is 12.8 Å². The molecule has 10 heteroatoms. The molecule has 10 nitrogen and oxygen atoms in total. The van der Waals surface area contributed by atoms with Crippen molar-refractivity contribution >= 4 is 24.7 Å². The van der Waals surface area contributed by atoms with E-state index in [-0.39, 0.29) is 30.9 Å². The molecule has 0 amide bonds. The lowest BCUT2D eigenvalue weighted by atomic mass is 10.0. The summed E-state index contributed by atoms with van der Waals surface area (Å²) >= 11 is 0. The number of carboxylic acid groups (broad SMARTS) is 1. The number of hydrogen-bond donors (Lipinski definition) is 1. The van der Waals surface area contributed by atoms with Gasteiger partial charge >= 0.3 is 5.97 Å². The molecule has 0 aromatic rings. The van der Waals surface area contributed by atoms with Crippen molar-refractivity contribution < 1.29 is 33.8 Å². The number of carbonyl (C=O) groups is 4. The molecule has 0 radical (unpaired) electrons. The summed E-state index contributed by atoms with van der Waals surface area (Å²) in [6.07, 6.45) is 1.46. The van der Waals surface area contributed by atoms with Gasteiger partial charge < -0.3 is 14.6 Å². The third-order valence-corrected chi connectivity index (χ3v) is 5.28. The van der Waals surface area contributed by atoms with E-state index in [9.17, 15) is 24.3 Å². The predicted octanol–water partition coefficient (Wildman–Crippen LogP) is -0.0844. The quantitative estimate of drug-likeness (QED) is 0.447. The van der Waals surface area contributed by atoms with Gasteiger partial charge in [0, 0.05) is 38.6 Å². The summed E-state index contributed by atoms with van der Waals surface area (Å²) in [6, 6.07) is 0. The zero-order chi connectivity index (χ0) is 22.4. The predicted molar refractivity (Wildman–Crippen MR) is 109 cm³/mol. The minimum absolute atomic E-state index is 0.0675. The van der Waals surface area contributed by atoms with E-state index in [1.54, 1.807) is 0 Å². The minimum atomic E-state index is -0.909. The molecule has 0 aromatic heterocycles. The number of nitrogens with zero attached hydrogens (tertiary/aromatic N) is 3. The number of rotatable bonds is 11. The van der Waals surface area contributed by atoms with E-state index >= 15 is 0 Å². The topological polar surface area (TPSA) is 117 Å². The van der Waals surface area contributed by atoms with Gasteiger partial charge in [-0.05, 0) is 25.3 Å². The zero-order valence-electron chi connectivity index (χ0n) is 18.0. The van der Waals surface area contributed by atoms with Crippen LogP contribution >= 0.6 is 0 Å². The normalized spacial score (nSPS) is 20.7. The fourth-order valence-electron chi connectivity index (χ4n) is 3.29. The summed E-state index contributed by atoms with van der Waals surface area (Å²) in [5.41, 5.74) is 0. The van der Waals surface area contributed by atoms with Gasteiger partial charge in [0.1, 0.15) is 12.5 Å². The van der Waals surface area contributed by atoms with E-state index in [1.807, 2.05) is 23.6 Å². The smallest absolute Gasteiger partial charge is 0.317 e. The van der Waals surface area contributed by atoms with E-state index < -0.39 is 5.97 Å². The van der Waals surface area contributed by atoms with Crippen molar-refractivity contribution in [2.45, 2.75) is 26.7 Å². The van der Waals surface area contributed by atoms with E-state index in [4.69, 9.17) is 9.47 Å². The second-order valence-electron chi connectivity index (χ2n) is 7.95. The number of carboxylic acids is 1. The van der Waals surface area contributed by atoms with Crippen molar-refractivity contribution in [1.82, 2.24) is 14.7 Å².